The monoisotopic (exact) mass is 313 g/mol. The molecule has 4 heteroatoms. The van der Waals surface area contributed by atoms with E-state index in [1.54, 1.807) is 24.3 Å². The van der Waals surface area contributed by atoms with Crippen LogP contribution in [0.3, 0.4) is 0 Å². The largest absolute Gasteiger partial charge is 0.484 e. The summed E-state index contributed by atoms with van der Waals surface area (Å²) in [4.78, 5) is 12.0. The zero-order chi connectivity index (χ0) is 16.7. The van der Waals surface area contributed by atoms with Crippen LogP contribution in [0.1, 0.15) is 36.6 Å². The van der Waals surface area contributed by atoms with Gasteiger partial charge in [-0.1, -0.05) is 43.3 Å². The lowest BCUT2D eigenvalue weighted by atomic mass is 10.1. The van der Waals surface area contributed by atoms with Crippen molar-refractivity contribution in [2.45, 2.75) is 32.9 Å². The molecule has 2 aromatic carbocycles. The van der Waals surface area contributed by atoms with E-state index < -0.39 is 0 Å². The third-order valence-corrected chi connectivity index (χ3v) is 3.72. The van der Waals surface area contributed by atoms with E-state index in [-0.39, 0.29) is 25.2 Å². The molecular weight excluding hydrogens is 290 g/mol. The van der Waals surface area contributed by atoms with Gasteiger partial charge in [-0.3, -0.25) is 4.79 Å². The highest BCUT2D eigenvalue weighted by Gasteiger charge is 2.10. The number of hydrogen-bond donors (Lipinski definition) is 2. The molecule has 0 aromatic heterocycles. The van der Waals surface area contributed by atoms with Gasteiger partial charge in [-0.2, -0.15) is 0 Å². The minimum Gasteiger partial charge on any atom is -0.484 e. The number of nitrogens with one attached hydrogen (secondary N) is 1. The van der Waals surface area contributed by atoms with E-state index in [1.807, 2.05) is 19.1 Å². The molecule has 0 heterocycles. The summed E-state index contributed by atoms with van der Waals surface area (Å²) in [6, 6.07) is 15.2. The standard InChI is InChI=1S/C19H23NO3/c1-3-15-7-9-17(10-8-15)14(2)20-19(22)13-23-18-6-4-5-16(11-18)12-21/h4-11,14,21H,3,12-13H2,1-2H3,(H,20,22). The van der Waals surface area contributed by atoms with Crippen LogP contribution < -0.4 is 10.1 Å². The zero-order valence-electron chi connectivity index (χ0n) is 13.6. The fraction of sp³-hybridized carbons (Fsp3) is 0.316. The van der Waals surface area contributed by atoms with Gasteiger partial charge in [0.15, 0.2) is 6.61 Å². The van der Waals surface area contributed by atoms with Crippen molar-refractivity contribution in [2.75, 3.05) is 6.61 Å². The van der Waals surface area contributed by atoms with E-state index in [2.05, 4.69) is 24.4 Å². The van der Waals surface area contributed by atoms with Crippen LogP contribution in [0.4, 0.5) is 0 Å². The van der Waals surface area contributed by atoms with Gasteiger partial charge in [-0.15, -0.1) is 0 Å². The quantitative estimate of drug-likeness (QED) is 0.826. The number of amides is 1. The number of aliphatic hydroxyl groups excluding tert-OH is 1. The molecule has 2 aromatic rings. The molecule has 0 aliphatic heterocycles. The summed E-state index contributed by atoms with van der Waals surface area (Å²) in [7, 11) is 0. The van der Waals surface area contributed by atoms with Gasteiger partial charge in [0, 0.05) is 0 Å². The first-order valence-corrected chi connectivity index (χ1v) is 7.83. The number of carbonyl (C=O) groups is 1. The molecule has 1 unspecified atom stereocenters. The summed E-state index contributed by atoms with van der Waals surface area (Å²) in [5, 5.41) is 12.0. The molecule has 0 fully saturated rings. The first-order valence-electron chi connectivity index (χ1n) is 7.83. The Labute approximate surface area is 137 Å². The van der Waals surface area contributed by atoms with Crippen molar-refractivity contribution in [3.63, 3.8) is 0 Å². The normalized spacial score (nSPS) is 11.8. The Bertz CT molecular complexity index is 637. The van der Waals surface area contributed by atoms with Crippen molar-refractivity contribution in [1.29, 1.82) is 0 Å². The Morgan fingerprint density at radius 2 is 1.91 bits per heavy atom. The van der Waals surface area contributed by atoms with Gasteiger partial charge in [-0.05, 0) is 42.2 Å². The second-order valence-electron chi connectivity index (χ2n) is 5.48. The third kappa shape index (κ3) is 5.11. The van der Waals surface area contributed by atoms with Gasteiger partial charge in [-0.25, -0.2) is 0 Å². The summed E-state index contributed by atoms with van der Waals surface area (Å²) in [6.45, 7) is 3.97. The van der Waals surface area contributed by atoms with Gasteiger partial charge in [0.05, 0.1) is 12.6 Å². The van der Waals surface area contributed by atoms with E-state index in [4.69, 9.17) is 9.84 Å². The van der Waals surface area contributed by atoms with Crippen LogP contribution in [0.25, 0.3) is 0 Å². The number of rotatable bonds is 7. The molecule has 4 nitrogen and oxygen atoms in total. The summed E-state index contributed by atoms with van der Waals surface area (Å²) in [5.41, 5.74) is 3.10. The summed E-state index contributed by atoms with van der Waals surface area (Å²) >= 11 is 0. The third-order valence-electron chi connectivity index (χ3n) is 3.72. The molecular formula is C19H23NO3. The van der Waals surface area contributed by atoms with E-state index >= 15 is 0 Å². The van der Waals surface area contributed by atoms with Gasteiger partial charge in [0.1, 0.15) is 5.75 Å². The second kappa shape index (κ2) is 8.34. The Kier molecular flexibility index (Phi) is 6.18. The zero-order valence-corrected chi connectivity index (χ0v) is 13.6. The summed E-state index contributed by atoms with van der Waals surface area (Å²) in [5.74, 6) is 0.401. The highest BCUT2D eigenvalue weighted by molar-refractivity contribution is 5.78. The lowest BCUT2D eigenvalue weighted by Crippen LogP contribution is -2.31. The fourth-order valence-electron chi connectivity index (χ4n) is 2.29. The number of carbonyl (C=O) groups excluding carboxylic acids is 1. The van der Waals surface area contributed by atoms with Crippen LogP contribution in [0.15, 0.2) is 48.5 Å². The van der Waals surface area contributed by atoms with Crippen LogP contribution in [-0.4, -0.2) is 17.6 Å². The van der Waals surface area contributed by atoms with Crippen molar-refractivity contribution in [2.24, 2.45) is 0 Å². The predicted octanol–water partition coefficient (Wildman–Crippen LogP) is 3.00. The highest BCUT2D eigenvalue weighted by Crippen LogP contribution is 2.15. The van der Waals surface area contributed by atoms with Crippen molar-refractivity contribution in [3.05, 3.63) is 65.2 Å². The minimum atomic E-state index is -0.175. The molecule has 0 aliphatic rings. The molecule has 2 N–H and O–H groups in total. The maximum Gasteiger partial charge on any atom is 0.258 e. The van der Waals surface area contributed by atoms with Crippen LogP contribution in [-0.2, 0) is 17.8 Å². The van der Waals surface area contributed by atoms with Crippen LogP contribution in [0, 0.1) is 0 Å². The second-order valence-corrected chi connectivity index (χ2v) is 5.48. The van der Waals surface area contributed by atoms with Crippen LogP contribution in [0.2, 0.25) is 0 Å². The van der Waals surface area contributed by atoms with Gasteiger partial charge in [0.25, 0.3) is 5.91 Å². The Balaban J connectivity index is 1.85. The van der Waals surface area contributed by atoms with Crippen molar-refractivity contribution >= 4 is 5.91 Å². The van der Waals surface area contributed by atoms with E-state index in [9.17, 15) is 4.79 Å². The van der Waals surface area contributed by atoms with Crippen LogP contribution >= 0.6 is 0 Å². The maximum atomic E-state index is 12.0. The lowest BCUT2D eigenvalue weighted by Gasteiger charge is -2.15. The SMILES string of the molecule is CCc1ccc(C(C)NC(=O)COc2cccc(CO)c2)cc1. The summed E-state index contributed by atoms with van der Waals surface area (Å²) in [6.07, 6.45) is 1.00. The van der Waals surface area contributed by atoms with Gasteiger partial charge < -0.3 is 15.2 Å². The number of hydrogen-bond acceptors (Lipinski definition) is 3. The first kappa shape index (κ1) is 17.0. The highest BCUT2D eigenvalue weighted by atomic mass is 16.5. The summed E-state index contributed by atoms with van der Waals surface area (Å²) < 4.78 is 5.46. The first-order chi connectivity index (χ1) is 11.1. The molecule has 122 valence electrons. The fourth-order valence-corrected chi connectivity index (χ4v) is 2.29. The minimum absolute atomic E-state index is 0.0474. The van der Waals surface area contributed by atoms with E-state index in [0.717, 1.165) is 17.5 Å². The Morgan fingerprint density at radius 3 is 2.57 bits per heavy atom. The van der Waals surface area contributed by atoms with Crippen molar-refractivity contribution in [1.82, 2.24) is 5.32 Å². The molecule has 0 saturated heterocycles. The maximum absolute atomic E-state index is 12.0. The number of ether oxygens (including phenoxy) is 1. The molecule has 0 aliphatic carbocycles. The topological polar surface area (TPSA) is 58.6 Å². The number of benzene rings is 2. The van der Waals surface area contributed by atoms with Crippen LogP contribution in [0.5, 0.6) is 5.75 Å². The van der Waals surface area contributed by atoms with Crippen molar-refractivity contribution in [3.8, 4) is 5.75 Å². The smallest absolute Gasteiger partial charge is 0.258 e. The predicted molar refractivity (Wildman–Crippen MR) is 90.2 cm³/mol. The molecule has 0 bridgehead atoms. The Hall–Kier alpha value is -2.33. The molecule has 23 heavy (non-hydrogen) atoms. The van der Waals surface area contributed by atoms with E-state index in [1.165, 1.54) is 5.56 Å². The Morgan fingerprint density at radius 1 is 1.17 bits per heavy atom. The van der Waals surface area contributed by atoms with Crippen molar-refractivity contribution < 1.29 is 14.6 Å². The lowest BCUT2D eigenvalue weighted by molar-refractivity contribution is -0.123. The molecule has 0 radical (unpaired) electrons. The number of aliphatic hydroxyl groups is 1. The average molecular weight is 313 g/mol. The number of aryl methyl sites for hydroxylation is 1. The molecule has 0 saturated carbocycles. The molecule has 2 rings (SSSR count). The van der Waals surface area contributed by atoms with E-state index in [0.29, 0.717) is 5.75 Å². The van der Waals surface area contributed by atoms with Gasteiger partial charge in [0.2, 0.25) is 0 Å². The molecule has 1 atom stereocenters. The molecule has 0 spiro atoms. The van der Waals surface area contributed by atoms with Gasteiger partial charge >= 0.3 is 0 Å². The average Bonchev–Trinajstić information content (AvgIpc) is 2.60. The molecule has 1 amide bonds.